The van der Waals surface area contributed by atoms with Crippen molar-refractivity contribution in [3.63, 3.8) is 0 Å². The van der Waals surface area contributed by atoms with Gasteiger partial charge in [0.15, 0.2) is 0 Å². The van der Waals surface area contributed by atoms with Crippen molar-refractivity contribution in [2.24, 2.45) is 0 Å². The van der Waals surface area contributed by atoms with Gasteiger partial charge in [-0.05, 0) is 39.4 Å². The lowest BCUT2D eigenvalue weighted by Gasteiger charge is -2.36. The zero-order valence-corrected chi connectivity index (χ0v) is 12.9. The Morgan fingerprint density at radius 1 is 1.45 bits per heavy atom. The maximum atomic E-state index is 12.2. The fraction of sp³-hybridized carbons (Fsp3) is 0.733. The molecule has 5 heteroatoms. The number of carbonyl (C=O) groups excluding carboxylic acids is 1. The molecular weight excluding hydrogens is 252 g/mol. The zero-order chi connectivity index (χ0) is 14.6. The molecule has 1 amide bonds. The van der Waals surface area contributed by atoms with Crippen LogP contribution in [0.2, 0.25) is 0 Å². The molecule has 0 aromatic carbocycles. The van der Waals surface area contributed by atoms with E-state index in [0.717, 1.165) is 25.8 Å². The van der Waals surface area contributed by atoms with Crippen molar-refractivity contribution in [3.8, 4) is 0 Å². The molecule has 1 aliphatic carbocycles. The Balaban J connectivity index is 1.93. The Morgan fingerprint density at radius 3 is 2.75 bits per heavy atom. The van der Waals surface area contributed by atoms with Crippen molar-refractivity contribution >= 4 is 5.91 Å². The summed E-state index contributed by atoms with van der Waals surface area (Å²) in [5.41, 5.74) is 0.645. The van der Waals surface area contributed by atoms with Gasteiger partial charge < -0.3 is 10.2 Å². The molecule has 0 aliphatic heterocycles. The number of hydrogen-bond donors (Lipinski definition) is 1. The van der Waals surface area contributed by atoms with Gasteiger partial charge in [0.05, 0.1) is 0 Å². The fourth-order valence-electron chi connectivity index (χ4n) is 2.99. The van der Waals surface area contributed by atoms with Crippen molar-refractivity contribution in [1.82, 2.24) is 20.0 Å². The van der Waals surface area contributed by atoms with E-state index in [9.17, 15) is 4.79 Å². The Hall–Kier alpha value is -1.36. The molecule has 1 N–H and O–H groups in total. The number of aryl methyl sites for hydroxylation is 1. The minimum atomic E-state index is -0.0621. The predicted octanol–water partition coefficient (Wildman–Crippen LogP) is 1.90. The highest BCUT2D eigenvalue weighted by molar-refractivity contribution is 5.92. The molecule has 5 nitrogen and oxygen atoms in total. The summed E-state index contributed by atoms with van der Waals surface area (Å²) in [7, 11) is 4.21. The number of nitrogens with one attached hydrogen (secondary N) is 1. The monoisotopic (exact) mass is 278 g/mol. The Labute approximate surface area is 121 Å². The molecule has 20 heavy (non-hydrogen) atoms. The lowest BCUT2D eigenvalue weighted by atomic mass is 9.96. The molecular formula is C15H26N4O. The summed E-state index contributed by atoms with van der Waals surface area (Å²) in [6, 6.07) is 1.79. The molecule has 1 aliphatic rings. The maximum Gasteiger partial charge on any atom is 0.271 e. The molecule has 2 rings (SSSR count). The van der Waals surface area contributed by atoms with Crippen LogP contribution in [0.1, 0.15) is 49.5 Å². The van der Waals surface area contributed by atoms with Gasteiger partial charge in [0.1, 0.15) is 5.69 Å². The van der Waals surface area contributed by atoms with Gasteiger partial charge in [0, 0.05) is 24.8 Å². The van der Waals surface area contributed by atoms with Gasteiger partial charge in [-0.25, -0.2) is 0 Å². The topological polar surface area (TPSA) is 50.2 Å². The first-order valence-corrected chi connectivity index (χ1v) is 7.56. The minimum absolute atomic E-state index is 0.0621. The van der Waals surface area contributed by atoms with Crippen molar-refractivity contribution < 1.29 is 4.79 Å². The molecule has 0 atom stereocenters. The molecule has 0 bridgehead atoms. The van der Waals surface area contributed by atoms with Crippen LogP contribution in [0.15, 0.2) is 12.3 Å². The van der Waals surface area contributed by atoms with Crippen molar-refractivity contribution in [2.45, 2.75) is 51.1 Å². The highest BCUT2D eigenvalue weighted by atomic mass is 16.1. The maximum absolute atomic E-state index is 12.2. The molecule has 112 valence electrons. The van der Waals surface area contributed by atoms with Crippen molar-refractivity contribution in [1.29, 1.82) is 0 Å². The van der Waals surface area contributed by atoms with E-state index in [0.29, 0.717) is 12.2 Å². The normalized spacial score (nSPS) is 17.6. The summed E-state index contributed by atoms with van der Waals surface area (Å²) >= 11 is 0. The van der Waals surface area contributed by atoms with Crippen molar-refractivity contribution in [3.05, 3.63) is 18.0 Å². The van der Waals surface area contributed by atoms with Crippen LogP contribution >= 0.6 is 0 Å². The van der Waals surface area contributed by atoms with Crippen LogP contribution in [0, 0.1) is 0 Å². The number of hydrogen-bond acceptors (Lipinski definition) is 3. The average molecular weight is 278 g/mol. The van der Waals surface area contributed by atoms with E-state index >= 15 is 0 Å². The van der Waals surface area contributed by atoms with Crippen LogP contribution in [0.3, 0.4) is 0 Å². The largest absolute Gasteiger partial charge is 0.349 e. The standard InChI is InChI=1S/C15H26N4O/c1-4-10-19-11-7-13(17-19)14(20)16-12-15(18(2)3)8-5-6-9-15/h7,11H,4-6,8-10,12H2,1-3H3,(H,16,20). The van der Waals surface area contributed by atoms with Crippen LogP contribution < -0.4 is 5.32 Å². The Kier molecular flexibility index (Phi) is 4.81. The molecule has 0 unspecified atom stereocenters. The third kappa shape index (κ3) is 3.20. The second kappa shape index (κ2) is 6.39. The quantitative estimate of drug-likeness (QED) is 0.864. The highest BCUT2D eigenvalue weighted by Gasteiger charge is 2.36. The second-order valence-electron chi connectivity index (χ2n) is 5.97. The second-order valence-corrected chi connectivity index (χ2v) is 5.97. The lowest BCUT2D eigenvalue weighted by Crippen LogP contribution is -2.50. The van der Waals surface area contributed by atoms with E-state index in [1.54, 1.807) is 6.07 Å². The molecule has 1 saturated carbocycles. The van der Waals surface area contributed by atoms with Crippen LogP contribution in [0.5, 0.6) is 0 Å². The van der Waals surface area contributed by atoms with Crippen LogP contribution in [-0.2, 0) is 6.54 Å². The molecule has 0 radical (unpaired) electrons. The van der Waals surface area contributed by atoms with E-state index in [4.69, 9.17) is 0 Å². The van der Waals surface area contributed by atoms with E-state index in [1.165, 1.54) is 12.8 Å². The lowest BCUT2D eigenvalue weighted by molar-refractivity contribution is 0.0894. The van der Waals surface area contributed by atoms with Gasteiger partial charge in [-0.2, -0.15) is 5.10 Å². The van der Waals surface area contributed by atoms with E-state index < -0.39 is 0 Å². The van der Waals surface area contributed by atoms with Gasteiger partial charge >= 0.3 is 0 Å². The SMILES string of the molecule is CCCn1ccc(C(=O)NCC2(N(C)C)CCCC2)n1. The molecule has 0 saturated heterocycles. The average Bonchev–Trinajstić information content (AvgIpc) is 3.06. The van der Waals surface area contributed by atoms with E-state index in [-0.39, 0.29) is 11.4 Å². The number of nitrogens with zero attached hydrogens (tertiary/aromatic N) is 3. The third-order valence-corrected chi connectivity index (χ3v) is 4.39. The first-order valence-electron chi connectivity index (χ1n) is 7.56. The smallest absolute Gasteiger partial charge is 0.271 e. The minimum Gasteiger partial charge on any atom is -0.349 e. The number of amides is 1. The molecule has 1 heterocycles. The van der Waals surface area contributed by atoms with Crippen LogP contribution in [-0.4, -0.2) is 46.8 Å². The summed E-state index contributed by atoms with van der Waals surface area (Å²) in [5.74, 6) is -0.0621. The summed E-state index contributed by atoms with van der Waals surface area (Å²) in [6.45, 7) is 3.66. The fourth-order valence-corrected chi connectivity index (χ4v) is 2.99. The van der Waals surface area contributed by atoms with Gasteiger partial charge in [-0.3, -0.25) is 9.48 Å². The van der Waals surface area contributed by atoms with Crippen molar-refractivity contribution in [2.75, 3.05) is 20.6 Å². The summed E-state index contributed by atoms with van der Waals surface area (Å²) < 4.78 is 1.83. The zero-order valence-electron chi connectivity index (χ0n) is 12.9. The van der Waals surface area contributed by atoms with E-state index in [1.807, 2.05) is 10.9 Å². The Morgan fingerprint density at radius 2 is 2.15 bits per heavy atom. The van der Waals surface area contributed by atoms with Gasteiger partial charge in [0.2, 0.25) is 0 Å². The number of rotatable bonds is 6. The van der Waals surface area contributed by atoms with E-state index in [2.05, 4.69) is 36.3 Å². The summed E-state index contributed by atoms with van der Waals surface area (Å²) in [6.07, 6.45) is 7.70. The highest BCUT2D eigenvalue weighted by Crippen LogP contribution is 2.33. The van der Waals surface area contributed by atoms with Crippen LogP contribution in [0.4, 0.5) is 0 Å². The number of carbonyl (C=O) groups is 1. The predicted molar refractivity (Wildman–Crippen MR) is 79.7 cm³/mol. The Bertz CT molecular complexity index is 446. The first-order chi connectivity index (χ1) is 9.57. The molecule has 0 spiro atoms. The van der Waals surface area contributed by atoms with Gasteiger partial charge in [-0.15, -0.1) is 0 Å². The van der Waals surface area contributed by atoms with Crippen LogP contribution in [0.25, 0.3) is 0 Å². The number of aromatic nitrogens is 2. The number of likely N-dealkylation sites (N-methyl/N-ethyl adjacent to an activating group) is 1. The molecule has 1 aromatic rings. The first kappa shape index (κ1) is 15.0. The summed E-state index contributed by atoms with van der Waals surface area (Å²) in [5, 5.41) is 7.37. The molecule has 1 aromatic heterocycles. The third-order valence-electron chi connectivity index (χ3n) is 4.39. The van der Waals surface area contributed by atoms with Gasteiger partial charge in [-0.1, -0.05) is 19.8 Å². The summed E-state index contributed by atoms with van der Waals surface area (Å²) in [4.78, 5) is 14.4. The molecule has 1 fully saturated rings. The van der Waals surface area contributed by atoms with Gasteiger partial charge in [0.25, 0.3) is 5.91 Å².